The molecule has 17 heavy (non-hydrogen) atoms. The lowest BCUT2D eigenvalue weighted by molar-refractivity contribution is 0.0822. The fourth-order valence-electron chi connectivity index (χ4n) is 1.49. The minimum atomic E-state index is -0.0674. The molecule has 94 valence electrons. The summed E-state index contributed by atoms with van der Waals surface area (Å²) in [5.41, 5.74) is 1.44. The monoisotopic (exact) mass is 235 g/mol. The van der Waals surface area contributed by atoms with E-state index in [0.717, 1.165) is 18.7 Å². The van der Waals surface area contributed by atoms with Gasteiger partial charge in [-0.15, -0.1) is 0 Å². The van der Waals surface area contributed by atoms with Crippen LogP contribution in [-0.2, 0) is 0 Å². The Morgan fingerprint density at radius 2 is 2.18 bits per heavy atom. The average Bonchev–Trinajstić information content (AvgIpc) is 2.34. The predicted molar refractivity (Wildman–Crippen MR) is 70.3 cm³/mol. The molecule has 0 saturated heterocycles. The van der Waals surface area contributed by atoms with Gasteiger partial charge in [0.1, 0.15) is 5.69 Å². The molecular formula is C13H21N3O. The van der Waals surface area contributed by atoms with Crippen molar-refractivity contribution in [1.82, 2.24) is 9.88 Å². The van der Waals surface area contributed by atoms with Crippen molar-refractivity contribution in [2.45, 2.75) is 26.2 Å². The Bertz CT molecular complexity index is 363. The molecule has 0 bridgehead atoms. The summed E-state index contributed by atoms with van der Waals surface area (Å²) in [6.07, 6.45) is 5.25. The van der Waals surface area contributed by atoms with Crippen LogP contribution in [0.5, 0.6) is 0 Å². The van der Waals surface area contributed by atoms with Crippen molar-refractivity contribution >= 4 is 11.6 Å². The van der Waals surface area contributed by atoms with Crippen LogP contribution in [0.2, 0.25) is 0 Å². The van der Waals surface area contributed by atoms with Crippen molar-refractivity contribution in [2.24, 2.45) is 0 Å². The van der Waals surface area contributed by atoms with Crippen molar-refractivity contribution in [3.8, 4) is 0 Å². The fraction of sp³-hybridized carbons (Fsp3) is 0.538. The number of anilines is 1. The first-order chi connectivity index (χ1) is 8.15. The Hall–Kier alpha value is -1.58. The minimum Gasteiger partial charge on any atom is -0.385 e. The van der Waals surface area contributed by atoms with E-state index in [1.54, 1.807) is 26.4 Å². The van der Waals surface area contributed by atoms with Gasteiger partial charge in [0, 0.05) is 32.5 Å². The molecule has 1 rings (SSSR count). The smallest absolute Gasteiger partial charge is 0.272 e. The maximum absolute atomic E-state index is 11.7. The van der Waals surface area contributed by atoms with E-state index in [0.29, 0.717) is 5.69 Å². The van der Waals surface area contributed by atoms with Gasteiger partial charge in [0.25, 0.3) is 5.91 Å². The standard InChI is InChI=1S/C13H21N3O/c1-4-5-6-8-14-11-7-9-15-12(10-11)13(17)16(2)3/h7,9-10H,4-6,8H2,1-3H3,(H,14,15). The molecule has 0 aliphatic carbocycles. The van der Waals surface area contributed by atoms with E-state index < -0.39 is 0 Å². The van der Waals surface area contributed by atoms with Crippen LogP contribution in [0, 0.1) is 0 Å². The van der Waals surface area contributed by atoms with Crippen molar-refractivity contribution in [1.29, 1.82) is 0 Å². The number of hydrogen-bond donors (Lipinski definition) is 1. The Morgan fingerprint density at radius 1 is 1.41 bits per heavy atom. The molecule has 0 saturated carbocycles. The van der Waals surface area contributed by atoms with Crippen LogP contribution >= 0.6 is 0 Å². The molecule has 4 heteroatoms. The highest BCUT2D eigenvalue weighted by molar-refractivity contribution is 5.92. The molecule has 1 aromatic heterocycles. The minimum absolute atomic E-state index is 0.0674. The van der Waals surface area contributed by atoms with E-state index in [1.165, 1.54) is 17.7 Å². The summed E-state index contributed by atoms with van der Waals surface area (Å²) in [6, 6.07) is 3.69. The Labute approximate surface area is 103 Å². The van der Waals surface area contributed by atoms with E-state index in [9.17, 15) is 4.79 Å². The number of unbranched alkanes of at least 4 members (excludes halogenated alkanes) is 2. The van der Waals surface area contributed by atoms with Crippen molar-refractivity contribution < 1.29 is 4.79 Å². The second-order valence-corrected chi connectivity index (χ2v) is 4.26. The average molecular weight is 235 g/mol. The highest BCUT2D eigenvalue weighted by Crippen LogP contribution is 2.09. The van der Waals surface area contributed by atoms with Gasteiger partial charge in [-0.25, -0.2) is 0 Å². The molecule has 1 N–H and O–H groups in total. The summed E-state index contributed by atoms with van der Waals surface area (Å²) < 4.78 is 0. The zero-order chi connectivity index (χ0) is 12.7. The number of pyridine rings is 1. The third-order valence-electron chi connectivity index (χ3n) is 2.49. The van der Waals surface area contributed by atoms with E-state index >= 15 is 0 Å². The predicted octanol–water partition coefficient (Wildman–Crippen LogP) is 2.39. The number of hydrogen-bond acceptors (Lipinski definition) is 3. The summed E-state index contributed by atoms with van der Waals surface area (Å²) in [5.74, 6) is -0.0674. The molecule has 0 unspecified atom stereocenters. The number of nitrogens with zero attached hydrogens (tertiary/aromatic N) is 2. The number of rotatable bonds is 6. The largest absolute Gasteiger partial charge is 0.385 e. The third-order valence-corrected chi connectivity index (χ3v) is 2.49. The van der Waals surface area contributed by atoms with Gasteiger partial charge in [0.05, 0.1) is 0 Å². The Morgan fingerprint density at radius 3 is 2.82 bits per heavy atom. The molecule has 0 radical (unpaired) electrons. The zero-order valence-electron chi connectivity index (χ0n) is 10.9. The van der Waals surface area contributed by atoms with Crippen LogP contribution in [0.4, 0.5) is 5.69 Å². The summed E-state index contributed by atoms with van der Waals surface area (Å²) >= 11 is 0. The summed E-state index contributed by atoms with van der Waals surface area (Å²) in [5, 5.41) is 3.30. The summed E-state index contributed by atoms with van der Waals surface area (Å²) in [7, 11) is 3.46. The quantitative estimate of drug-likeness (QED) is 0.770. The number of nitrogens with one attached hydrogen (secondary N) is 1. The van der Waals surface area contributed by atoms with Crippen LogP contribution in [0.1, 0.15) is 36.7 Å². The lowest BCUT2D eigenvalue weighted by Crippen LogP contribution is -2.22. The maximum atomic E-state index is 11.7. The van der Waals surface area contributed by atoms with Gasteiger partial charge in [-0.05, 0) is 18.6 Å². The SMILES string of the molecule is CCCCCNc1ccnc(C(=O)N(C)C)c1. The maximum Gasteiger partial charge on any atom is 0.272 e. The van der Waals surface area contributed by atoms with Crippen LogP contribution in [0.15, 0.2) is 18.3 Å². The number of carbonyl (C=O) groups is 1. The van der Waals surface area contributed by atoms with Crippen molar-refractivity contribution in [3.63, 3.8) is 0 Å². The molecule has 1 amide bonds. The zero-order valence-corrected chi connectivity index (χ0v) is 10.9. The second-order valence-electron chi connectivity index (χ2n) is 4.26. The number of aromatic nitrogens is 1. The lowest BCUT2D eigenvalue weighted by Gasteiger charge is -2.11. The van der Waals surface area contributed by atoms with Crippen LogP contribution in [-0.4, -0.2) is 36.4 Å². The molecule has 1 heterocycles. The van der Waals surface area contributed by atoms with E-state index in [4.69, 9.17) is 0 Å². The number of amides is 1. The molecule has 0 aromatic carbocycles. The Balaban J connectivity index is 2.57. The first-order valence-electron chi connectivity index (χ1n) is 6.06. The first-order valence-corrected chi connectivity index (χ1v) is 6.06. The van der Waals surface area contributed by atoms with E-state index in [2.05, 4.69) is 17.2 Å². The molecule has 0 atom stereocenters. The van der Waals surface area contributed by atoms with Gasteiger partial charge in [0.15, 0.2) is 0 Å². The topological polar surface area (TPSA) is 45.2 Å². The molecular weight excluding hydrogens is 214 g/mol. The highest BCUT2D eigenvalue weighted by Gasteiger charge is 2.09. The highest BCUT2D eigenvalue weighted by atomic mass is 16.2. The first kappa shape index (κ1) is 13.5. The van der Waals surface area contributed by atoms with Crippen LogP contribution < -0.4 is 5.32 Å². The second kappa shape index (κ2) is 6.89. The molecule has 0 aliphatic heterocycles. The van der Waals surface area contributed by atoms with Gasteiger partial charge in [-0.3, -0.25) is 9.78 Å². The molecule has 0 aliphatic rings. The van der Waals surface area contributed by atoms with Gasteiger partial charge >= 0.3 is 0 Å². The molecule has 0 fully saturated rings. The van der Waals surface area contributed by atoms with Gasteiger partial charge in [-0.2, -0.15) is 0 Å². The van der Waals surface area contributed by atoms with Crippen molar-refractivity contribution in [3.05, 3.63) is 24.0 Å². The normalized spacial score (nSPS) is 10.1. The van der Waals surface area contributed by atoms with Gasteiger partial charge in [-0.1, -0.05) is 19.8 Å². The van der Waals surface area contributed by atoms with Gasteiger partial charge < -0.3 is 10.2 Å². The lowest BCUT2D eigenvalue weighted by atomic mass is 10.2. The van der Waals surface area contributed by atoms with Crippen molar-refractivity contribution in [2.75, 3.05) is 26.0 Å². The number of carbonyl (C=O) groups excluding carboxylic acids is 1. The Kier molecular flexibility index (Phi) is 5.46. The molecule has 1 aromatic rings. The van der Waals surface area contributed by atoms with Crippen LogP contribution in [0.3, 0.4) is 0 Å². The summed E-state index contributed by atoms with van der Waals surface area (Å²) in [4.78, 5) is 17.3. The molecule has 4 nitrogen and oxygen atoms in total. The summed E-state index contributed by atoms with van der Waals surface area (Å²) in [6.45, 7) is 3.12. The van der Waals surface area contributed by atoms with Crippen LogP contribution in [0.25, 0.3) is 0 Å². The van der Waals surface area contributed by atoms with Gasteiger partial charge in [0.2, 0.25) is 0 Å². The fourth-order valence-corrected chi connectivity index (χ4v) is 1.49. The molecule has 0 spiro atoms. The van der Waals surface area contributed by atoms with E-state index in [-0.39, 0.29) is 5.91 Å². The third kappa shape index (κ3) is 4.43. The van der Waals surface area contributed by atoms with E-state index in [1.807, 2.05) is 6.07 Å².